The highest BCUT2D eigenvalue weighted by atomic mass is 35.5. The normalized spacial score (nSPS) is 23.2. The molecule has 2 amide bonds. The van der Waals surface area contributed by atoms with E-state index in [0.717, 1.165) is 49.9 Å². The van der Waals surface area contributed by atoms with Crippen LogP contribution in [0.15, 0.2) is 77.9 Å². The molecular weight excluding hydrogens is 517 g/mol. The quantitative estimate of drug-likeness (QED) is 0.217. The van der Waals surface area contributed by atoms with Crippen molar-refractivity contribution in [3.63, 3.8) is 0 Å². The first-order chi connectivity index (χ1) is 18.4. The first kappa shape index (κ1) is 23.4. The van der Waals surface area contributed by atoms with Crippen LogP contribution in [-0.4, -0.2) is 27.6 Å². The van der Waals surface area contributed by atoms with Crippen LogP contribution in [0.2, 0.25) is 10.0 Å². The number of hydrogen-bond donors (Lipinski definition) is 0. The fourth-order valence-electron chi connectivity index (χ4n) is 6.85. The van der Waals surface area contributed by atoms with Crippen molar-refractivity contribution in [3.8, 4) is 5.69 Å². The number of carbonyl (C=O) groups is 2. The summed E-state index contributed by atoms with van der Waals surface area (Å²) >= 11 is 12.6. The molecule has 0 spiro atoms. The summed E-state index contributed by atoms with van der Waals surface area (Å²) in [6.07, 6.45) is 1.61. The molecule has 1 aliphatic heterocycles. The number of halogens is 2. The van der Waals surface area contributed by atoms with E-state index in [1.165, 1.54) is 0 Å². The van der Waals surface area contributed by atoms with Crippen molar-refractivity contribution < 1.29 is 9.59 Å². The predicted octanol–water partition coefficient (Wildman–Crippen LogP) is 6.63. The number of amides is 2. The molecule has 4 aromatic rings. The molecule has 0 N–H and O–H groups in total. The average molecular weight is 540 g/mol. The second-order valence-electron chi connectivity index (χ2n) is 10.3. The van der Waals surface area contributed by atoms with Gasteiger partial charge in [-0.15, -0.1) is 0 Å². The van der Waals surface area contributed by atoms with Gasteiger partial charge in [-0.3, -0.25) is 9.59 Å². The van der Waals surface area contributed by atoms with Crippen LogP contribution in [0.3, 0.4) is 0 Å². The molecule has 2 atom stereocenters. The van der Waals surface area contributed by atoms with Crippen molar-refractivity contribution >= 4 is 41.2 Å². The number of aromatic nitrogens is 1. The highest BCUT2D eigenvalue weighted by Crippen LogP contribution is 2.60. The Hall–Kier alpha value is -3.67. The Morgan fingerprint density at radius 2 is 1.29 bits per heavy atom. The fraction of sp³-hybridized carbons (Fsp3) is 0.194. The number of carbonyl (C=O) groups excluding carboxylic acids is 2. The van der Waals surface area contributed by atoms with Gasteiger partial charge in [-0.05, 0) is 60.4 Å². The Kier molecular flexibility index (Phi) is 5.19. The molecule has 8 rings (SSSR count). The van der Waals surface area contributed by atoms with Crippen molar-refractivity contribution in [2.75, 3.05) is 0 Å². The highest BCUT2D eigenvalue weighted by molar-refractivity contribution is 6.35. The predicted molar refractivity (Wildman–Crippen MR) is 148 cm³/mol. The monoisotopic (exact) mass is 539 g/mol. The van der Waals surface area contributed by atoms with Gasteiger partial charge in [0.15, 0.2) is 0 Å². The molecule has 1 fully saturated rings. The lowest BCUT2D eigenvalue weighted by Crippen LogP contribution is -2.41. The van der Waals surface area contributed by atoms with Crippen LogP contribution < -0.4 is 0 Å². The van der Waals surface area contributed by atoms with Crippen LogP contribution in [-0.2, 0) is 9.59 Å². The van der Waals surface area contributed by atoms with Gasteiger partial charge >= 0.3 is 0 Å². The minimum Gasteiger partial charge on any atom is -0.316 e. The molecule has 1 saturated heterocycles. The van der Waals surface area contributed by atoms with Crippen molar-refractivity contribution in [1.82, 2.24) is 9.58 Å². The van der Waals surface area contributed by atoms with E-state index in [4.69, 9.17) is 23.2 Å². The molecule has 2 heterocycles. The maximum Gasteiger partial charge on any atom is 0.254 e. The number of rotatable bonds is 3. The van der Waals surface area contributed by atoms with E-state index in [9.17, 15) is 9.59 Å². The van der Waals surface area contributed by atoms with Gasteiger partial charge in [0.1, 0.15) is 0 Å². The molecule has 3 aliphatic carbocycles. The third-order valence-corrected chi connectivity index (χ3v) is 8.90. The molecule has 5 nitrogen and oxygen atoms in total. The Balaban J connectivity index is 1.27. The van der Waals surface area contributed by atoms with Gasteiger partial charge in [0, 0.05) is 33.8 Å². The molecular formula is C31H23Cl2N3O2. The maximum atomic E-state index is 13.8. The van der Waals surface area contributed by atoms with Gasteiger partial charge in [-0.25, -0.2) is 0 Å². The molecule has 0 unspecified atom stereocenters. The molecule has 2 bridgehead atoms. The van der Waals surface area contributed by atoms with Crippen molar-refractivity contribution in [2.45, 2.75) is 25.7 Å². The van der Waals surface area contributed by atoms with E-state index in [0.29, 0.717) is 10.0 Å². The van der Waals surface area contributed by atoms with E-state index >= 15 is 0 Å². The summed E-state index contributed by atoms with van der Waals surface area (Å²) in [7, 11) is 0. The number of benzene rings is 3. The van der Waals surface area contributed by atoms with Gasteiger partial charge in [-0.2, -0.15) is 10.1 Å². The van der Waals surface area contributed by atoms with Gasteiger partial charge in [0.2, 0.25) is 0 Å². The molecule has 38 heavy (non-hydrogen) atoms. The summed E-state index contributed by atoms with van der Waals surface area (Å²) in [6.45, 7) is 3.93. The fourth-order valence-corrected chi connectivity index (χ4v) is 7.34. The van der Waals surface area contributed by atoms with Gasteiger partial charge in [0.05, 0.1) is 28.8 Å². The van der Waals surface area contributed by atoms with Gasteiger partial charge < -0.3 is 4.57 Å². The highest BCUT2D eigenvalue weighted by Gasteiger charge is 2.61. The van der Waals surface area contributed by atoms with Crippen LogP contribution in [0, 0.1) is 25.7 Å². The zero-order chi connectivity index (χ0) is 26.3. The summed E-state index contributed by atoms with van der Waals surface area (Å²) in [5.41, 5.74) is 8.04. The minimum atomic E-state index is -0.449. The second kappa shape index (κ2) is 8.42. The zero-order valence-corrected chi connectivity index (χ0v) is 22.2. The van der Waals surface area contributed by atoms with Crippen molar-refractivity contribution in [3.05, 3.63) is 122 Å². The van der Waals surface area contributed by atoms with E-state index in [2.05, 4.69) is 29.4 Å². The molecule has 0 saturated carbocycles. The first-order valence-electron chi connectivity index (χ1n) is 12.6. The van der Waals surface area contributed by atoms with Gasteiger partial charge in [0.25, 0.3) is 11.8 Å². The lowest BCUT2D eigenvalue weighted by molar-refractivity contribution is -0.139. The SMILES string of the molecule is Cc1cc(/C=N\N2C(=O)[C@@H]3C4c5ccccc5C(c5ccccc54)[C@@H]3C2=O)c(C)n1-c1ccc(Cl)cc1Cl. The maximum absolute atomic E-state index is 13.8. The van der Waals surface area contributed by atoms with Crippen molar-refractivity contribution in [2.24, 2.45) is 16.9 Å². The Labute approximate surface area is 230 Å². The summed E-state index contributed by atoms with van der Waals surface area (Å²) < 4.78 is 2.01. The first-order valence-corrected chi connectivity index (χ1v) is 13.4. The van der Waals surface area contributed by atoms with E-state index in [1.807, 2.05) is 54.8 Å². The lowest BCUT2D eigenvalue weighted by atomic mass is 9.55. The molecule has 7 heteroatoms. The van der Waals surface area contributed by atoms with Crippen LogP contribution in [0.1, 0.15) is 51.0 Å². The number of imide groups is 1. The third kappa shape index (κ3) is 3.15. The van der Waals surface area contributed by atoms with Crippen LogP contribution in [0.25, 0.3) is 5.69 Å². The number of nitrogens with zero attached hydrogens (tertiary/aromatic N) is 3. The summed E-state index contributed by atoms with van der Waals surface area (Å²) in [5, 5.41) is 6.69. The second-order valence-corrected chi connectivity index (χ2v) is 11.1. The van der Waals surface area contributed by atoms with Crippen LogP contribution in [0.5, 0.6) is 0 Å². The third-order valence-electron chi connectivity index (χ3n) is 8.36. The van der Waals surface area contributed by atoms with Gasteiger partial charge in [-0.1, -0.05) is 71.7 Å². The smallest absolute Gasteiger partial charge is 0.254 e. The summed E-state index contributed by atoms with van der Waals surface area (Å²) in [5.74, 6) is -1.66. The minimum absolute atomic E-state index is 0.147. The molecule has 1 aromatic heterocycles. The van der Waals surface area contributed by atoms with E-state index < -0.39 is 11.8 Å². The standard InChI is InChI=1S/C31H23Cl2N3O2/c1-16-13-18(17(2)35(16)25-12-11-19(32)14-24(25)33)15-34-36-30(37)28-26-20-7-3-4-8-21(20)27(29(28)31(36)38)23-10-6-5-9-22(23)26/h3-15,26-29H,1-2H3/b34-15-/t26?,27?,28-,29+. The Morgan fingerprint density at radius 3 is 1.79 bits per heavy atom. The number of hydrazone groups is 1. The Bertz CT molecular complexity index is 1590. The lowest BCUT2D eigenvalue weighted by Gasteiger charge is -2.45. The van der Waals surface area contributed by atoms with E-state index in [-0.39, 0.29) is 23.7 Å². The zero-order valence-electron chi connectivity index (χ0n) is 20.7. The molecule has 188 valence electrons. The van der Waals surface area contributed by atoms with Crippen LogP contribution >= 0.6 is 23.2 Å². The van der Waals surface area contributed by atoms with E-state index in [1.54, 1.807) is 18.3 Å². The summed E-state index contributed by atoms with van der Waals surface area (Å²) in [4.78, 5) is 27.6. The largest absolute Gasteiger partial charge is 0.316 e. The number of hydrogen-bond acceptors (Lipinski definition) is 3. The average Bonchev–Trinajstić information content (AvgIpc) is 3.34. The molecule has 3 aromatic carbocycles. The summed E-state index contributed by atoms with van der Waals surface area (Å²) in [6, 6.07) is 23.8. The number of aryl methyl sites for hydroxylation is 1. The van der Waals surface area contributed by atoms with Crippen molar-refractivity contribution in [1.29, 1.82) is 0 Å². The topological polar surface area (TPSA) is 54.7 Å². The molecule has 4 aliphatic rings. The molecule has 0 radical (unpaired) electrons. The Morgan fingerprint density at radius 1 is 0.763 bits per heavy atom. The van der Waals surface area contributed by atoms with Crippen LogP contribution in [0.4, 0.5) is 0 Å².